The van der Waals surface area contributed by atoms with Crippen LogP contribution in [0.1, 0.15) is 29.2 Å². The molecule has 0 bridgehead atoms. The van der Waals surface area contributed by atoms with Gasteiger partial charge in [0.1, 0.15) is 11.4 Å². The van der Waals surface area contributed by atoms with Crippen LogP contribution in [0.4, 0.5) is 5.69 Å². The van der Waals surface area contributed by atoms with Gasteiger partial charge in [0.05, 0.1) is 5.69 Å². The molecule has 0 unspecified atom stereocenters. The molecule has 1 heterocycles. The molecule has 2 N–H and O–H groups in total. The van der Waals surface area contributed by atoms with Gasteiger partial charge in [0.25, 0.3) is 5.91 Å². The zero-order valence-electron chi connectivity index (χ0n) is 14.5. The highest BCUT2D eigenvalue weighted by atomic mass is 32.1. The SMILES string of the molecule is CCc1cccc(N2C(=O)/C(=C\c3cc(C)c(O)c(C)c3)NC2=S)c1. The maximum Gasteiger partial charge on any atom is 0.281 e. The lowest BCUT2D eigenvalue weighted by atomic mass is 10.0. The summed E-state index contributed by atoms with van der Waals surface area (Å²) in [7, 11) is 0. The standard InChI is InChI=1S/C20H20N2O2S/c1-4-14-6-5-7-16(10-14)22-19(24)17(21-20(22)25)11-15-8-12(2)18(23)13(3)9-15/h5-11,23H,4H2,1-3H3,(H,21,25)/b17-11+. The Hall–Kier alpha value is -2.66. The van der Waals surface area contributed by atoms with Crippen molar-refractivity contribution in [3.63, 3.8) is 0 Å². The van der Waals surface area contributed by atoms with Gasteiger partial charge in [0.15, 0.2) is 5.11 Å². The summed E-state index contributed by atoms with van der Waals surface area (Å²) in [6.07, 6.45) is 2.66. The molecule has 0 aromatic heterocycles. The van der Waals surface area contributed by atoms with Crippen LogP contribution >= 0.6 is 12.2 Å². The van der Waals surface area contributed by atoms with Crippen molar-refractivity contribution in [3.05, 3.63) is 64.3 Å². The maximum atomic E-state index is 12.8. The normalized spacial score (nSPS) is 15.8. The monoisotopic (exact) mass is 352 g/mol. The van der Waals surface area contributed by atoms with Gasteiger partial charge in [0.2, 0.25) is 0 Å². The topological polar surface area (TPSA) is 52.6 Å². The molecule has 3 rings (SSSR count). The predicted octanol–water partition coefficient (Wildman–Crippen LogP) is 3.83. The summed E-state index contributed by atoms with van der Waals surface area (Å²) in [5.41, 5.74) is 4.73. The number of aryl methyl sites for hydroxylation is 3. The Morgan fingerprint density at radius 1 is 1.20 bits per heavy atom. The van der Waals surface area contributed by atoms with Gasteiger partial charge in [-0.25, -0.2) is 0 Å². The van der Waals surface area contributed by atoms with Crippen LogP contribution in [0.25, 0.3) is 6.08 Å². The lowest BCUT2D eigenvalue weighted by molar-refractivity contribution is -0.113. The lowest BCUT2D eigenvalue weighted by Gasteiger charge is -2.14. The van der Waals surface area contributed by atoms with Crippen molar-refractivity contribution in [3.8, 4) is 5.75 Å². The molecule has 0 spiro atoms. The van der Waals surface area contributed by atoms with Crippen molar-refractivity contribution in [2.24, 2.45) is 0 Å². The highest BCUT2D eigenvalue weighted by Crippen LogP contribution is 2.26. The van der Waals surface area contributed by atoms with Crippen LogP contribution in [0.15, 0.2) is 42.1 Å². The van der Waals surface area contributed by atoms with Gasteiger partial charge >= 0.3 is 0 Å². The Morgan fingerprint density at radius 3 is 2.52 bits per heavy atom. The summed E-state index contributed by atoms with van der Waals surface area (Å²) in [6.45, 7) is 5.74. The van der Waals surface area contributed by atoms with Crippen LogP contribution in [0.3, 0.4) is 0 Å². The Morgan fingerprint density at radius 2 is 1.88 bits per heavy atom. The van der Waals surface area contributed by atoms with Crippen molar-refractivity contribution >= 4 is 35.0 Å². The van der Waals surface area contributed by atoms with Crippen molar-refractivity contribution < 1.29 is 9.90 Å². The van der Waals surface area contributed by atoms with Gasteiger partial charge in [-0.05, 0) is 85.1 Å². The zero-order chi connectivity index (χ0) is 18.1. The van der Waals surface area contributed by atoms with E-state index in [9.17, 15) is 9.90 Å². The van der Waals surface area contributed by atoms with Crippen LogP contribution in [0, 0.1) is 13.8 Å². The van der Waals surface area contributed by atoms with E-state index in [-0.39, 0.29) is 11.7 Å². The number of anilines is 1. The molecule has 1 saturated heterocycles. The Kier molecular flexibility index (Phi) is 4.59. The van der Waals surface area contributed by atoms with E-state index in [1.165, 1.54) is 4.90 Å². The second-order valence-corrected chi connectivity index (χ2v) is 6.54. The van der Waals surface area contributed by atoms with Crippen LogP contribution in [0.5, 0.6) is 5.75 Å². The number of hydrogen-bond donors (Lipinski definition) is 2. The summed E-state index contributed by atoms with van der Waals surface area (Å²) in [6, 6.07) is 11.5. The number of phenols is 1. The zero-order valence-corrected chi connectivity index (χ0v) is 15.3. The number of thiocarbonyl (C=S) groups is 1. The molecule has 1 aliphatic heterocycles. The van der Waals surface area contributed by atoms with Gasteiger partial charge in [0, 0.05) is 0 Å². The summed E-state index contributed by atoms with van der Waals surface area (Å²) in [4.78, 5) is 14.3. The first-order valence-corrected chi connectivity index (χ1v) is 8.58. The number of nitrogens with one attached hydrogen (secondary N) is 1. The van der Waals surface area contributed by atoms with Gasteiger partial charge in [-0.2, -0.15) is 0 Å². The van der Waals surface area contributed by atoms with Crippen LogP contribution in [-0.4, -0.2) is 16.1 Å². The fourth-order valence-electron chi connectivity index (χ4n) is 2.92. The first-order valence-electron chi connectivity index (χ1n) is 8.17. The molecule has 128 valence electrons. The number of benzene rings is 2. The molecule has 1 fully saturated rings. The molecule has 0 radical (unpaired) electrons. The molecule has 1 amide bonds. The van der Waals surface area contributed by atoms with Crippen LogP contribution in [0.2, 0.25) is 0 Å². The van der Waals surface area contributed by atoms with E-state index in [1.54, 1.807) is 6.08 Å². The quantitative estimate of drug-likeness (QED) is 0.651. The molecular weight excluding hydrogens is 332 g/mol. The lowest BCUT2D eigenvalue weighted by Crippen LogP contribution is -2.30. The molecule has 0 atom stereocenters. The largest absolute Gasteiger partial charge is 0.507 e. The average Bonchev–Trinajstić information content (AvgIpc) is 2.86. The number of amides is 1. The number of carbonyl (C=O) groups excluding carboxylic acids is 1. The van der Waals surface area contributed by atoms with Gasteiger partial charge < -0.3 is 10.4 Å². The molecule has 5 heteroatoms. The van der Waals surface area contributed by atoms with Crippen molar-refractivity contribution in [1.82, 2.24) is 5.32 Å². The van der Waals surface area contributed by atoms with E-state index in [2.05, 4.69) is 12.2 Å². The van der Waals surface area contributed by atoms with E-state index >= 15 is 0 Å². The van der Waals surface area contributed by atoms with E-state index < -0.39 is 0 Å². The van der Waals surface area contributed by atoms with Crippen molar-refractivity contribution in [2.75, 3.05) is 4.90 Å². The number of phenolic OH excluding ortho intramolecular Hbond substituents is 1. The maximum absolute atomic E-state index is 12.8. The number of rotatable bonds is 3. The van der Waals surface area contributed by atoms with E-state index in [4.69, 9.17) is 12.2 Å². The van der Waals surface area contributed by atoms with E-state index in [0.717, 1.165) is 34.4 Å². The minimum Gasteiger partial charge on any atom is -0.507 e. The molecule has 4 nitrogen and oxygen atoms in total. The minimum atomic E-state index is -0.179. The third-order valence-electron chi connectivity index (χ3n) is 4.28. The first kappa shape index (κ1) is 17.2. The highest BCUT2D eigenvalue weighted by molar-refractivity contribution is 7.80. The summed E-state index contributed by atoms with van der Waals surface area (Å²) in [5.74, 6) is 0.100. The predicted molar refractivity (Wildman–Crippen MR) is 105 cm³/mol. The fourth-order valence-corrected chi connectivity index (χ4v) is 3.22. The molecule has 1 aliphatic rings. The first-order chi connectivity index (χ1) is 11.9. The molecule has 2 aromatic rings. The third kappa shape index (κ3) is 3.28. The Labute approximate surface area is 152 Å². The number of carbonyl (C=O) groups is 1. The van der Waals surface area contributed by atoms with Gasteiger partial charge in [-0.3, -0.25) is 9.69 Å². The number of hydrogen-bond acceptors (Lipinski definition) is 3. The molecule has 0 saturated carbocycles. The van der Waals surface area contributed by atoms with Crippen LogP contribution in [-0.2, 0) is 11.2 Å². The minimum absolute atomic E-state index is 0.179. The van der Waals surface area contributed by atoms with Crippen molar-refractivity contribution in [2.45, 2.75) is 27.2 Å². The average molecular weight is 352 g/mol. The molecule has 25 heavy (non-hydrogen) atoms. The third-order valence-corrected chi connectivity index (χ3v) is 4.56. The van der Waals surface area contributed by atoms with Crippen LogP contribution < -0.4 is 10.2 Å². The Bertz CT molecular complexity index is 879. The van der Waals surface area contributed by atoms with Crippen molar-refractivity contribution in [1.29, 1.82) is 0 Å². The second kappa shape index (κ2) is 6.69. The molecule has 2 aromatic carbocycles. The van der Waals surface area contributed by atoms with Gasteiger partial charge in [-0.1, -0.05) is 19.1 Å². The van der Waals surface area contributed by atoms with Gasteiger partial charge in [-0.15, -0.1) is 0 Å². The number of nitrogens with zero attached hydrogens (tertiary/aromatic N) is 1. The van der Waals surface area contributed by atoms with E-state index in [1.807, 2.05) is 50.2 Å². The summed E-state index contributed by atoms with van der Waals surface area (Å²) in [5, 5.41) is 13.3. The highest BCUT2D eigenvalue weighted by Gasteiger charge is 2.32. The summed E-state index contributed by atoms with van der Waals surface area (Å²) < 4.78 is 0. The molecular formula is C20H20N2O2S. The fraction of sp³-hybridized carbons (Fsp3) is 0.200. The van der Waals surface area contributed by atoms with E-state index in [0.29, 0.717) is 10.8 Å². The molecule has 0 aliphatic carbocycles. The summed E-state index contributed by atoms with van der Waals surface area (Å²) >= 11 is 5.36. The smallest absolute Gasteiger partial charge is 0.281 e. The number of aromatic hydroxyl groups is 1. The Balaban J connectivity index is 1.96. The second-order valence-electron chi connectivity index (χ2n) is 6.16.